The molecule has 1 aromatic rings. The molecule has 1 aliphatic rings. The summed E-state index contributed by atoms with van der Waals surface area (Å²) in [6.45, 7) is 9.77. The summed E-state index contributed by atoms with van der Waals surface area (Å²) >= 11 is 0. The van der Waals surface area contributed by atoms with Gasteiger partial charge in [0.25, 0.3) is 0 Å². The lowest BCUT2D eigenvalue weighted by Gasteiger charge is -2.39. The number of rotatable bonds is 8. The second-order valence-corrected chi connectivity index (χ2v) is 7.21. The summed E-state index contributed by atoms with van der Waals surface area (Å²) in [5.74, 6) is 0.282. The van der Waals surface area contributed by atoms with E-state index < -0.39 is 0 Å². The van der Waals surface area contributed by atoms with Crippen LogP contribution in [0.4, 0.5) is 0 Å². The maximum absolute atomic E-state index is 12.1. The fourth-order valence-electron chi connectivity index (χ4n) is 3.48. The number of hydrogen-bond donors (Lipinski definition) is 0. The van der Waals surface area contributed by atoms with Crippen LogP contribution in [-0.2, 0) is 25.6 Å². The molecule has 0 aromatic heterocycles. The number of carbonyl (C=O) groups excluding carboxylic acids is 1. The highest BCUT2D eigenvalue weighted by molar-refractivity contribution is 5.72. The van der Waals surface area contributed by atoms with Gasteiger partial charge in [0.15, 0.2) is 0 Å². The van der Waals surface area contributed by atoms with Gasteiger partial charge in [0.1, 0.15) is 0 Å². The molecule has 2 unspecified atom stereocenters. The van der Waals surface area contributed by atoms with Crippen molar-refractivity contribution in [2.75, 3.05) is 13.2 Å². The Hall–Kier alpha value is -1.39. The van der Waals surface area contributed by atoms with E-state index >= 15 is 0 Å². The summed E-state index contributed by atoms with van der Waals surface area (Å²) in [5, 5.41) is 0. The number of ether oxygens (including phenoxy) is 3. The lowest BCUT2D eigenvalue weighted by Crippen LogP contribution is -2.44. The normalized spacial score (nSPS) is 26.0. The third-order valence-corrected chi connectivity index (χ3v) is 5.08. The zero-order valence-electron chi connectivity index (χ0n) is 15.9. The molecular weight excluding hydrogens is 316 g/mol. The van der Waals surface area contributed by atoms with Gasteiger partial charge in [0.05, 0.1) is 37.9 Å². The van der Waals surface area contributed by atoms with Crippen LogP contribution in [0.15, 0.2) is 30.3 Å². The molecule has 0 bridgehead atoms. The minimum Gasteiger partial charge on any atom is -0.466 e. The van der Waals surface area contributed by atoms with E-state index in [0.717, 1.165) is 12.8 Å². The molecule has 1 fully saturated rings. The van der Waals surface area contributed by atoms with Crippen molar-refractivity contribution in [1.29, 1.82) is 0 Å². The Bertz CT molecular complexity index is 516. The maximum Gasteiger partial charge on any atom is 0.311 e. The van der Waals surface area contributed by atoms with Gasteiger partial charge < -0.3 is 14.2 Å². The zero-order chi connectivity index (χ0) is 18.2. The molecule has 5 atom stereocenters. The van der Waals surface area contributed by atoms with Crippen LogP contribution in [0.2, 0.25) is 0 Å². The van der Waals surface area contributed by atoms with E-state index in [-0.39, 0.29) is 24.1 Å². The summed E-state index contributed by atoms with van der Waals surface area (Å²) in [5.41, 5.74) is 1.18. The molecule has 1 aromatic carbocycles. The Kier molecular flexibility index (Phi) is 7.91. The topological polar surface area (TPSA) is 44.8 Å². The lowest BCUT2D eigenvalue weighted by molar-refractivity contribution is -0.167. The molecule has 0 saturated carbocycles. The molecule has 1 saturated heterocycles. The minimum absolute atomic E-state index is 0.0747. The van der Waals surface area contributed by atoms with Crippen molar-refractivity contribution in [3.05, 3.63) is 35.9 Å². The van der Waals surface area contributed by atoms with E-state index in [4.69, 9.17) is 14.2 Å². The van der Waals surface area contributed by atoms with E-state index in [1.54, 1.807) is 0 Å². The van der Waals surface area contributed by atoms with Crippen molar-refractivity contribution >= 4 is 5.97 Å². The zero-order valence-corrected chi connectivity index (χ0v) is 15.9. The first kappa shape index (κ1) is 19.9. The van der Waals surface area contributed by atoms with Crippen LogP contribution in [0.25, 0.3) is 0 Å². The number of esters is 1. The minimum atomic E-state index is -0.227. The number of benzene rings is 1. The highest BCUT2D eigenvalue weighted by atomic mass is 16.5. The van der Waals surface area contributed by atoms with Crippen LogP contribution in [0.5, 0.6) is 0 Å². The van der Waals surface area contributed by atoms with Crippen LogP contribution in [0.3, 0.4) is 0 Å². The van der Waals surface area contributed by atoms with Crippen molar-refractivity contribution in [3.63, 3.8) is 0 Å². The Morgan fingerprint density at radius 3 is 2.64 bits per heavy atom. The molecule has 0 radical (unpaired) electrons. The van der Waals surface area contributed by atoms with Crippen molar-refractivity contribution < 1.29 is 19.0 Å². The van der Waals surface area contributed by atoms with Crippen molar-refractivity contribution in [2.45, 2.75) is 59.4 Å². The molecule has 0 spiro atoms. The molecule has 0 N–H and O–H groups in total. The van der Waals surface area contributed by atoms with Crippen LogP contribution in [0, 0.1) is 17.8 Å². The average Bonchev–Trinajstić information content (AvgIpc) is 2.62. The van der Waals surface area contributed by atoms with Gasteiger partial charge in [-0.05, 0) is 38.2 Å². The number of hydrogen-bond acceptors (Lipinski definition) is 4. The van der Waals surface area contributed by atoms with Gasteiger partial charge in [-0.2, -0.15) is 0 Å². The second-order valence-electron chi connectivity index (χ2n) is 7.21. The monoisotopic (exact) mass is 348 g/mol. The van der Waals surface area contributed by atoms with Gasteiger partial charge in [-0.3, -0.25) is 4.79 Å². The van der Waals surface area contributed by atoms with Crippen molar-refractivity contribution in [2.24, 2.45) is 17.8 Å². The van der Waals surface area contributed by atoms with E-state index in [1.807, 2.05) is 32.0 Å². The second kappa shape index (κ2) is 9.93. The van der Waals surface area contributed by atoms with E-state index in [0.29, 0.717) is 31.7 Å². The lowest BCUT2D eigenvalue weighted by atomic mass is 9.84. The SMILES string of the molecule is CCOC(=O)C(C)[C@H]1OC([C@H](C)COCc2ccccc2)CC[C@@H]1C. The van der Waals surface area contributed by atoms with Gasteiger partial charge in [0.2, 0.25) is 0 Å². The fraction of sp³-hybridized carbons (Fsp3) is 0.667. The molecule has 0 amide bonds. The van der Waals surface area contributed by atoms with Gasteiger partial charge in [0, 0.05) is 5.92 Å². The third kappa shape index (κ3) is 5.82. The molecule has 4 heteroatoms. The number of carbonyl (C=O) groups is 1. The van der Waals surface area contributed by atoms with Gasteiger partial charge in [-0.1, -0.05) is 44.2 Å². The summed E-state index contributed by atoms with van der Waals surface area (Å²) < 4.78 is 17.4. The van der Waals surface area contributed by atoms with Crippen LogP contribution in [0.1, 0.15) is 46.1 Å². The standard InChI is InChI=1S/C21H32O4/c1-5-24-21(22)17(4)20-15(2)11-12-19(25-20)16(3)13-23-14-18-9-7-6-8-10-18/h6-10,15-17,19-20H,5,11-14H2,1-4H3/t15-,16+,17?,19?,20-/m0/s1. The van der Waals surface area contributed by atoms with Crippen molar-refractivity contribution in [1.82, 2.24) is 0 Å². The van der Waals surface area contributed by atoms with Gasteiger partial charge in [-0.15, -0.1) is 0 Å². The Labute approximate surface area is 151 Å². The Morgan fingerprint density at radius 1 is 1.24 bits per heavy atom. The Balaban J connectivity index is 1.83. The molecule has 2 rings (SSSR count). The van der Waals surface area contributed by atoms with E-state index in [1.165, 1.54) is 5.56 Å². The predicted molar refractivity (Wildman–Crippen MR) is 98.1 cm³/mol. The quantitative estimate of drug-likeness (QED) is 0.660. The highest BCUT2D eigenvalue weighted by Gasteiger charge is 2.37. The molecule has 140 valence electrons. The van der Waals surface area contributed by atoms with Crippen molar-refractivity contribution in [3.8, 4) is 0 Å². The summed E-state index contributed by atoms with van der Waals surface area (Å²) in [4.78, 5) is 12.1. The largest absolute Gasteiger partial charge is 0.466 e. The fourth-order valence-corrected chi connectivity index (χ4v) is 3.48. The van der Waals surface area contributed by atoms with Gasteiger partial charge >= 0.3 is 5.97 Å². The molecule has 4 nitrogen and oxygen atoms in total. The predicted octanol–water partition coefficient (Wildman–Crippen LogP) is 4.22. The molecule has 0 aliphatic carbocycles. The first-order valence-electron chi connectivity index (χ1n) is 9.46. The summed E-state index contributed by atoms with van der Waals surface area (Å²) in [6.07, 6.45) is 2.15. The van der Waals surface area contributed by atoms with E-state index in [9.17, 15) is 4.79 Å². The first-order valence-corrected chi connectivity index (χ1v) is 9.46. The molecular formula is C21H32O4. The smallest absolute Gasteiger partial charge is 0.311 e. The highest BCUT2D eigenvalue weighted by Crippen LogP contribution is 2.33. The summed E-state index contributed by atoms with van der Waals surface area (Å²) in [7, 11) is 0. The molecule has 1 aliphatic heterocycles. The molecule has 1 heterocycles. The molecule has 25 heavy (non-hydrogen) atoms. The Morgan fingerprint density at radius 2 is 1.96 bits per heavy atom. The van der Waals surface area contributed by atoms with E-state index in [2.05, 4.69) is 26.0 Å². The van der Waals surface area contributed by atoms with Crippen LogP contribution >= 0.6 is 0 Å². The average molecular weight is 348 g/mol. The van der Waals surface area contributed by atoms with Crippen LogP contribution in [-0.4, -0.2) is 31.4 Å². The first-order chi connectivity index (χ1) is 12.0. The van der Waals surface area contributed by atoms with Gasteiger partial charge in [-0.25, -0.2) is 0 Å². The summed E-state index contributed by atoms with van der Waals surface area (Å²) in [6, 6.07) is 10.2. The van der Waals surface area contributed by atoms with Crippen LogP contribution < -0.4 is 0 Å². The maximum atomic E-state index is 12.1. The third-order valence-electron chi connectivity index (χ3n) is 5.08.